The average Bonchev–Trinajstić information content (AvgIpc) is 2.95. The van der Waals surface area contributed by atoms with Crippen LogP contribution in [0.5, 0.6) is 0 Å². The summed E-state index contributed by atoms with van der Waals surface area (Å²) < 4.78 is 9.73. The fraction of sp³-hybridized carbons (Fsp3) is 0.889. The molecule has 0 radical (unpaired) electrons. The van der Waals surface area contributed by atoms with Crippen LogP contribution in [0.4, 0.5) is 0 Å². The van der Waals surface area contributed by atoms with Crippen LogP contribution >= 0.6 is 0 Å². The van der Waals surface area contributed by atoms with Crippen LogP contribution in [-0.4, -0.2) is 46.3 Å². The van der Waals surface area contributed by atoms with E-state index in [1.807, 2.05) is 0 Å². The number of ether oxygens (including phenoxy) is 2. The molecule has 0 aromatic heterocycles. The second-order valence-corrected chi connectivity index (χ2v) is 13.1. The number of carboxylic acid groups (broad SMARTS) is 1. The highest BCUT2D eigenvalue weighted by molar-refractivity contribution is 5.92. The minimum absolute atomic E-state index is 0.0437. The first-order chi connectivity index (χ1) is 21.1. The molecule has 0 spiro atoms. The number of esters is 3. The van der Waals surface area contributed by atoms with E-state index in [9.17, 15) is 29.4 Å². The molecule has 0 aliphatic heterocycles. The lowest BCUT2D eigenvalue weighted by atomic mass is 9.96. The monoisotopic (exact) mass is 626 g/mol. The first kappa shape index (κ1) is 42.0. The molecule has 1 atom stereocenters. The Kier molecular flexibility index (Phi) is 27.2. The fourth-order valence-corrected chi connectivity index (χ4v) is 5.32. The molecular formula is C36H66O8. The number of unbranched alkanes of at least 4 members (excludes halogenated alkanes) is 20. The van der Waals surface area contributed by atoms with E-state index in [-0.39, 0.29) is 13.0 Å². The first-order valence-electron chi connectivity index (χ1n) is 18.0. The van der Waals surface area contributed by atoms with E-state index in [0.717, 1.165) is 50.9 Å². The lowest BCUT2D eigenvalue weighted by Crippen LogP contribution is -2.43. The molecule has 0 saturated carbocycles. The zero-order valence-electron chi connectivity index (χ0n) is 28.5. The quantitative estimate of drug-likeness (QED) is 0.0443. The Morgan fingerprint density at radius 3 is 1.43 bits per heavy atom. The molecule has 2 N–H and O–H groups in total. The van der Waals surface area contributed by atoms with E-state index >= 15 is 0 Å². The van der Waals surface area contributed by atoms with Gasteiger partial charge >= 0.3 is 23.9 Å². The van der Waals surface area contributed by atoms with Gasteiger partial charge in [-0.05, 0) is 18.8 Å². The summed E-state index contributed by atoms with van der Waals surface area (Å²) in [7, 11) is 0. The number of carboxylic acids is 1. The van der Waals surface area contributed by atoms with Crippen molar-refractivity contribution in [3.63, 3.8) is 0 Å². The number of carbonyl (C=O) groups is 4. The van der Waals surface area contributed by atoms with Crippen LogP contribution in [0.15, 0.2) is 0 Å². The first-order valence-corrected chi connectivity index (χ1v) is 18.0. The summed E-state index contributed by atoms with van der Waals surface area (Å²) >= 11 is 0. The highest BCUT2D eigenvalue weighted by atomic mass is 16.6. The number of carbonyl (C=O) groups excluding carboxylic acids is 3. The molecule has 0 fully saturated rings. The largest absolute Gasteiger partial charge is 0.479 e. The van der Waals surface area contributed by atoms with Crippen molar-refractivity contribution >= 4 is 23.9 Å². The van der Waals surface area contributed by atoms with Crippen molar-refractivity contribution in [1.82, 2.24) is 0 Å². The van der Waals surface area contributed by atoms with Gasteiger partial charge in [0, 0.05) is 6.42 Å². The van der Waals surface area contributed by atoms with Crippen molar-refractivity contribution in [2.24, 2.45) is 5.92 Å². The summed E-state index contributed by atoms with van der Waals surface area (Å²) in [5, 5.41) is 19.8. The summed E-state index contributed by atoms with van der Waals surface area (Å²) in [5.74, 6) is -3.73. The lowest BCUT2D eigenvalue weighted by Gasteiger charge is -2.21. The SMILES string of the molecule is CCCCCCCC(=O)OC(=O)CC(O)(CC(=O)OCCCCCCCCCCCCCCCCCCCC(C)C)C(=O)O. The van der Waals surface area contributed by atoms with Crippen LogP contribution in [0.2, 0.25) is 0 Å². The Hall–Kier alpha value is -1.96. The third-order valence-electron chi connectivity index (χ3n) is 8.17. The maximum atomic E-state index is 12.1. The minimum Gasteiger partial charge on any atom is -0.479 e. The van der Waals surface area contributed by atoms with Gasteiger partial charge in [0.15, 0.2) is 5.60 Å². The second kappa shape index (κ2) is 28.5. The second-order valence-electron chi connectivity index (χ2n) is 13.1. The molecule has 1 unspecified atom stereocenters. The fourth-order valence-electron chi connectivity index (χ4n) is 5.32. The van der Waals surface area contributed by atoms with Crippen molar-refractivity contribution in [2.45, 2.75) is 193 Å². The van der Waals surface area contributed by atoms with Gasteiger partial charge in [0.2, 0.25) is 0 Å². The molecule has 8 nitrogen and oxygen atoms in total. The Bertz CT molecular complexity index is 750. The summed E-state index contributed by atoms with van der Waals surface area (Å²) in [6.45, 7) is 6.82. The van der Waals surface area contributed by atoms with Crippen LogP contribution in [0.3, 0.4) is 0 Å². The van der Waals surface area contributed by atoms with Gasteiger partial charge in [-0.25, -0.2) is 4.79 Å². The Labute approximate surface area is 268 Å². The van der Waals surface area contributed by atoms with Gasteiger partial charge in [0.25, 0.3) is 0 Å². The number of rotatable bonds is 31. The molecule has 0 aliphatic carbocycles. The van der Waals surface area contributed by atoms with Gasteiger partial charge in [0.05, 0.1) is 19.4 Å². The Morgan fingerprint density at radius 1 is 0.568 bits per heavy atom. The van der Waals surface area contributed by atoms with E-state index in [2.05, 4.69) is 25.5 Å². The number of hydrogen-bond acceptors (Lipinski definition) is 7. The van der Waals surface area contributed by atoms with Gasteiger partial charge in [-0.2, -0.15) is 0 Å². The molecule has 0 aliphatic rings. The van der Waals surface area contributed by atoms with Crippen LogP contribution in [0, 0.1) is 5.92 Å². The maximum Gasteiger partial charge on any atom is 0.336 e. The minimum atomic E-state index is -2.68. The third-order valence-corrected chi connectivity index (χ3v) is 8.17. The zero-order chi connectivity index (χ0) is 32.9. The standard InChI is InChI=1S/C36H66O8/c1-4-5-6-20-24-27-32(37)44-34(39)30-36(42,35(40)41)29-33(38)43-28-25-22-19-17-15-13-11-9-7-8-10-12-14-16-18-21-23-26-31(2)3/h31,42H,4-30H2,1-3H3,(H,40,41). The predicted octanol–water partition coefficient (Wildman–Crippen LogP) is 9.23. The van der Waals surface area contributed by atoms with E-state index in [1.54, 1.807) is 0 Å². The molecule has 0 aromatic carbocycles. The topological polar surface area (TPSA) is 127 Å². The number of hydrogen-bond donors (Lipinski definition) is 2. The van der Waals surface area contributed by atoms with E-state index in [1.165, 1.54) is 89.9 Å². The summed E-state index contributed by atoms with van der Waals surface area (Å²) in [4.78, 5) is 47.5. The van der Waals surface area contributed by atoms with Gasteiger partial charge < -0.3 is 19.7 Å². The van der Waals surface area contributed by atoms with Crippen molar-refractivity contribution in [3.8, 4) is 0 Å². The smallest absolute Gasteiger partial charge is 0.336 e. The normalized spacial score (nSPS) is 12.7. The molecule has 8 heteroatoms. The number of aliphatic carboxylic acids is 1. The summed E-state index contributed by atoms with van der Waals surface area (Å²) in [6, 6.07) is 0. The van der Waals surface area contributed by atoms with Crippen LogP contribution in [-0.2, 0) is 28.7 Å². The molecule has 258 valence electrons. The van der Waals surface area contributed by atoms with Crippen molar-refractivity contribution < 1.29 is 38.9 Å². The molecular weight excluding hydrogens is 560 g/mol. The van der Waals surface area contributed by atoms with Gasteiger partial charge in [-0.3, -0.25) is 14.4 Å². The van der Waals surface area contributed by atoms with E-state index < -0.39 is 42.3 Å². The third kappa shape index (κ3) is 26.4. The molecule has 0 aromatic rings. The predicted molar refractivity (Wildman–Crippen MR) is 175 cm³/mol. The number of aliphatic hydroxyl groups is 1. The molecule has 0 saturated heterocycles. The van der Waals surface area contributed by atoms with Crippen LogP contribution in [0.25, 0.3) is 0 Å². The summed E-state index contributed by atoms with van der Waals surface area (Å²) in [6.07, 6.45) is 25.3. The highest BCUT2D eigenvalue weighted by Crippen LogP contribution is 2.19. The van der Waals surface area contributed by atoms with Gasteiger partial charge in [-0.1, -0.05) is 156 Å². The Balaban J connectivity index is 3.76. The molecule has 0 bridgehead atoms. The molecule has 44 heavy (non-hydrogen) atoms. The molecule has 0 heterocycles. The van der Waals surface area contributed by atoms with Crippen molar-refractivity contribution in [1.29, 1.82) is 0 Å². The lowest BCUT2D eigenvalue weighted by molar-refractivity contribution is -0.175. The van der Waals surface area contributed by atoms with E-state index in [0.29, 0.717) is 12.8 Å². The maximum absolute atomic E-state index is 12.1. The molecule has 0 amide bonds. The van der Waals surface area contributed by atoms with Gasteiger partial charge in [-0.15, -0.1) is 0 Å². The highest BCUT2D eigenvalue weighted by Gasteiger charge is 2.42. The van der Waals surface area contributed by atoms with Crippen LogP contribution in [0.1, 0.15) is 188 Å². The van der Waals surface area contributed by atoms with Crippen molar-refractivity contribution in [3.05, 3.63) is 0 Å². The van der Waals surface area contributed by atoms with Crippen LogP contribution < -0.4 is 0 Å². The average molecular weight is 627 g/mol. The zero-order valence-corrected chi connectivity index (χ0v) is 28.5. The summed E-state index contributed by atoms with van der Waals surface area (Å²) in [5.41, 5.74) is -2.68. The van der Waals surface area contributed by atoms with E-state index in [4.69, 9.17) is 4.74 Å². The Morgan fingerprint density at radius 2 is 0.977 bits per heavy atom. The van der Waals surface area contributed by atoms with Gasteiger partial charge in [0.1, 0.15) is 0 Å². The van der Waals surface area contributed by atoms with Crippen molar-refractivity contribution in [2.75, 3.05) is 6.61 Å². The molecule has 0 rings (SSSR count).